The summed E-state index contributed by atoms with van der Waals surface area (Å²) in [6.45, 7) is 0. The fraction of sp³-hybridized carbons (Fsp3) is 0.0625. The fourth-order valence-electron chi connectivity index (χ4n) is 1.88. The quantitative estimate of drug-likeness (QED) is 0.545. The predicted molar refractivity (Wildman–Crippen MR) is 89.1 cm³/mol. The number of carbonyl (C=O) groups excluding carboxylic acids is 1. The molecule has 22 heavy (non-hydrogen) atoms. The maximum atomic E-state index is 12.6. The first-order valence-electron chi connectivity index (χ1n) is 6.46. The number of hydrogen-bond donors (Lipinski definition) is 0. The number of carbonyl (C=O) groups is 1. The van der Waals surface area contributed by atoms with Crippen LogP contribution in [0.3, 0.4) is 0 Å². The zero-order valence-corrected chi connectivity index (χ0v) is 13.1. The Balaban J connectivity index is 2.05. The van der Waals surface area contributed by atoms with Gasteiger partial charge in [0.15, 0.2) is 5.82 Å². The molecular formula is C16H11N3OS2. The van der Waals surface area contributed by atoms with E-state index in [1.807, 2.05) is 41.8 Å². The van der Waals surface area contributed by atoms with Gasteiger partial charge in [0.1, 0.15) is 0 Å². The molecule has 0 fully saturated rings. The van der Waals surface area contributed by atoms with Gasteiger partial charge < -0.3 is 0 Å². The highest BCUT2D eigenvalue weighted by Crippen LogP contribution is 2.23. The van der Waals surface area contributed by atoms with Crippen LogP contribution in [-0.2, 0) is 0 Å². The molecule has 1 aromatic carbocycles. The van der Waals surface area contributed by atoms with Crippen molar-refractivity contribution in [2.24, 2.45) is 0 Å². The fourth-order valence-corrected chi connectivity index (χ4v) is 3.03. The van der Waals surface area contributed by atoms with E-state index in [0.717, 1.165) is 5.56 Å². The predicted octanol–water partition coefficient (Wildman–Crippen LogP) is 3.42. The van der Waals surface area contributed by atoms with Gasteiger partial charge in [-0.05, 0) is 11.4 Å². The van der Waals surface area contributed by atoms with Gasteiger partial charge in [0, 0.05) is 5.56 Å². The van der Waals surface area contributed by atoms with E-state index in [1.165, 1.54) is 27.8 Å². The highest BCUT2D eigenvalue weighted by Gasteiger charge is 2.19. The third-order valence-corrected chi connectivity index (χ3v) is 4.43. The summed E-state index contributed by atoms with van der Waals surface area (Å²) in [7, 11) is 0. The Morgan fingerprint density at radius 1 is 1.27 bits per heavy atom. The van der Waals surface area contributed by atoms with Crippen LogP contribution in [-0.4, -0.2) is 26.4 Å². The minimum absolute atomic E-state index is 0.186. The Hall–Kier alpha value is -2.36. The second kappa shape index (κ2) is 6.60. The third kappa shape index (κ3) is 2.96. The molecule has 0 spiro atoms. The van der Waals surface area contributed by atoms with Crippen LogP contribution in [0, 0.1) is 12.3 Å². The van der Waals surface area contributed by atoms with Crippen molar-refractivity contribution in [1.82, 2.24) is 14.8 Å². The Morgan fingerprint density at radius 3 is 2.77 bits per heavy atom. The summed E-state index contributed by atoms with van der Waals surface area (Å²) in [6.07, 6.45) is 5.27. The Labute approximate surface area is 136 Å². The van der Waals surface area contributed by atoms with E-state index in [-0.39, 0.29) is 5.91 Å². The average molecular weight is 325 g/mol. The summed E-state index contributed by atoms with van der Waals surface area (Å²) in [5.74, 6) is 3.34. The van der Waals surface area contributed by atoms with Crippen molar-refractivity contribution in [2.45, 2.75) is 5.16 Å². The molecule has 0 amide bonds. The molecule has 108 valence electrons. The lowest BCUT2D eigenvalue weighted by Crippen LogP contribution is -2.13. The lowest BCUT2D eigenvalue weighted by molar-refractivity contribution is 0.0950. The molecule has 2 aromatic heterocycles. The smallest absolute Gasteiger partial charge is 0.266 e. The van der Waals surface area contributed by atoms with Crippen LogP contribution < -0.4 is 0 Å². The zero-order chi connectivity index (χ0) is 15.4. The van der Waals surface area contributed by atoms with E-state index in [9.17, 15) is 4.79 Å². The second-order valence-corrected chi connectivity index (χ2v) is 6.16. The van der Waals surface area contributed by atoms with E-state index >= 15 is 0 Å². The Morgan fingerprint density at radius 2 is 2.09 bits per heavy atom. The minimum Gasteiger partial charge on any atom is -0.266 e. The number of hydrogen-bond acceptors (Lipinski definition) is 5. The first-order valence-corrected chi connectivity index (χ1v) is 8.33. The number of terminal acetylenes is 1. The molecule has 0 N–H and O–H groups in total. The highest BCUT2D eigenvalue weighted by molar-refractivity contribution is 7.99. The van der Waals surface area contributed by atoms with Crippen molar-refractivity contribution in [3.63, 3.8) is 0 Å². The second-order valence-electron chi connectivity index (χ2n) is 4.27. The zero-order valence-electron chi connectivity index (χ0n) is 11.5. The molecule has 0 saturated heterocycles. The number of nitrogens with zero attached hydrogens (tertiary/aromatic N) is 3. The number of rotatable bonds is 4. The molecule has 0 aliphatic rings. The summed E-state index contributed by atoms with van der Waals surface area (Å²) >= 11 is 2.72. The van der Waals surface area contributed by atoms with Crippen LogP contribution in [0.4, 0.5) is 0 Å². The maximum absolute atomic E-state index is 12.6. The van der Waals surface area contributed by atoms with Gasteiger partial charge in [0.2, 0.25) is 5.16 Å². The molecule has 3 aromatic rings. The van der Waals surface area contributed by atoms with E-state index in [4.69, 9.17) is 6.42 Å². The first kappa shape index (κ1) is 14.6. The van der Waals surface area contributed by atoms with Gasteiger partial charge in [-0.15, -0.1) is 22.9 Å². The Bertz CT molecular complexity index is 817. The van der Waals surface area contributed by atoms with Gasteiger partial charge in [-0.25, -0.2) is 4.98 Å². The summed E-state index contributed by atoms with van der Waals surface area (Å²) in [4.78, 5) is 17.7. The maximum Gasteiger partial charge on any atom is 0.290 e. The van der Waals surface area contributed by atoms with Crippen molar-refractivity contribution in [3.8, 4) is 23.7 Å². The molecule has 4 nitrogen and oxygen atoms in total. The largest absolute Gasteiger partial charge is 0.290 e. The monoisotopic (exact) mass is 325 g/mol. The van der Waals surface area contributed by atoms with Gasteiger partial charge in [-0.2, -0.15) is 4.68 Å². The molecule has 0 unspecified atom stereocenters. The van der Waals surface area contributed by atoms with Crippen LogP contribution in [0.5, 0.6) is 0 Å². The molecule has 3 rings (SSSR count). The van der Waals surface area contributed by atoms with Crippen LogP contribution in [0.15, 0.2) is 53.0 Å². The highest BCUT2D eigenvalue weighted by atomic mass is 32.2. The van der Waals surface area contributed by atoms with Crippen molar-refractivity contribution >= 4 is 29.0 Å². The van der Waals surface area contributed by atoms with Crippen LogP contribution in [0.25, 0.3) is 11.4 Å². The van der Waals surface area contributed by atoms with Crippen LogP contribution >= 0.6 is 23.1 Å². The molecule has 0 aliphatic carbocycles. The normalized spacial score (nSPS) is 10.3. The van der Waals surface area contributed by atoms with Crippen molar-refractivity contribution in [1.29, 1.82) is 0 Å². The number of aromatic nitrogens is 3. The number of thioether (sulfide) groups is 1. The van der Waals surface area contributed by atoms with Crippen LogP contribution in [0.2, 0.25) is 0 Å². The first-order chi connectivity index (χ1) is 10.8. The van der Waals surface area contributed by atoms with E-state index in [1.54, 1.807) is 6.07 Å². The molecule has 0 atom stereocenters. The number of benzene rings is 1. The topological polar surface area (TPSA) is 47.8 Å². The minimum atomic E-state index is -0.186. The summed E-state index contributed by atoms with van der Waals surface area (Å²) in [5, 5.41) is 6.67. The van der Waals surface area contributed by atoms with Crippen molar-refractivity contribution in [3.05, 3.63) is 52.7 Å². The number of thiophene rings is 1. The van der Waals surface area contributed by atoms with Gasteiger partial charge >= 0.3 is 0 Å². The van der Waals surface area contributed by atoms with E-state index < -0.39 is 0 Å². The average Bonchev–Trinajstić information content (AvgIpc) is 3.23. The van der Waals surface area contributed by atoms with E-state index in [2.05, 4.69) is 16.0 Å². The van der Waals surface area contributed by atoms with Gasteiger partial charge in [-0.3, -0.25) is 4.79 Å². The summed E-state index contributed by atoms with van der Waals surface area (Å²) < 4.78 is 1.35. The third-order valence-electron chi connectivity index (χ3n) is 2.83. The molecule has 0 radical (unpaired) electrons. The van der Waals surface area contributed by atoms with Gasteiger partial charge in [0.25, 0.3) is 5.91 Å². The molecule has 0 bridgehead atoms. The van der Waals surface area contributed by atoms with E-state index in [0.29, 0.717) is 21.6 Å². The Kier molecular flexibility index (Phi) is 4.37. The van der Waals surface area contributed by atoms with Crippen molar-refractivity contribution < 1.29 is 4.79 Å². The molecular weight excluding hydrogens is 314 g/mol. The van der Waals surface area contributed by atoms with Crippen molar-refractivity contribution in [2.75, 3.05) is 5.75 Å². The summed E-state index contributed by atoms with van der Waals surface area (Å²) in [6, 6.07) is 13.1. The molecule has 6 heteroatoms. The van der Waals surface area contributed by atoms with Gasteiger partial charge in [0.05, 0.1) is 10.6 Å². The standard InChI is InChI=1S/C16H11N3OS2/c1-2-10-22-16-17-14(12-7-4-3-5-8-12)19(18-16)15(20)13-9-6-11-21-13/h1,3-9,11H,10H2. The molecule has 2 heterocycles. The summed E-state index contributed by atoms with van der Waals surface area (Å²) in [5.41, 5.74) is 0.840. The van der Waals surface area contributed by atoms with Gasteiger partial charge in [-0.1, -0.05) is 54.1 Å². The lowest BCUT2D eigenvalue weighted by atomic mass is 10.2. The van der Waals surface area contributed by atoms with Crippen LogP contribution in [0.1, 0.15) is 9.67 Å². The lowest BCUT2D eigenvalue weighted by Gasteiger charge is -2.02. The molecule has 0 saturated carbocycles. The molecule has 0 aliphatic heterocycles. The SMILES string of the molecule is C#CCSc1nc(-c2ccccc2)n(C(=O)c2cccs2)n1.